The quantitative estimate of drug-likeness (QED) is 0.751. The average molecular weight is 410 g/mol. The normalized spacial score (nSPS) is 21.4. The number of piperidine rings is 1. The second kappa shape index (κ2) is 8.94. The number of carbonyl (C=O) groups is 1. The topological polar surface area (TPSA) is 36.0 Å². The molecule has 0 spiro atoms. The maximum absolute atomic E-state index is 13.0. The van der Waals surface area contributed by atoms with Crippen LogP contribution in [0.4, 0.5) is 0 Å². The predicted molar refractivity (Wildman–Crippen MR) is 122 cm³/mol. The van der Waals surface area contributed by atoms with Gasteiger partial charge >= 0.3 is 0 Å². The summed E-state index contributed by atoms with van der Waals surface area (Å²) in [5.41, 5.74) is 0.759. The number of hydrogen-bond donors (Lipinski definition) is 0. The Balaban J connectivity index is 1.42. The maximum atomic E-state index is 13.0. The number of rotatable bonds is 5. The molecule has 2 aromatic carbocycles. The standard InChI is InChI=1S/C25H35N3O2/c1-18(2)28-13-10-23(11-14-28)30-24-8-7-19-15-21(6-5-20(19)16-24)25(29)27(4)22-9-12-26(3)17-22/h5-8,15-16,18,22-23H,9-14,17H2,1-4H3. The van der Waals surface area contributed by atoms with Gasteiger partial charge in [-0.3, -0.25) is 4.79 Å². The fourth-order valence-corrected chi connectivity index (χ4v) is 4.73. The summed E-state index contributed by atoms with van der Waals surface area (Å²) in [5, 5.41) is 2.20. The van der Waals surface area contributed by atoms with E-state index >= 15 is 0 Å². The number of likely N-dealkylation sites (N-methyl/N-ethyl adjacent to an activating group) is 2. The van der Waals surface area contributed by atoms with Crippen LogP contribution in [0.5, 0.6) is 5.75 Å². The molecular weight excluding hydrogens is 374 g/mol. The van der Waals surface area contributed by atoms with Gasteiger partial charge in [-0.2, -0.15) is 0 Å². The van der Waals surface area contributed by atoms with Crippen molar-refractivity contribution in [1.82, 2.24) is 14.7 Å². The SMILES string of the molecule is CC(C)N1CCC(Oc2ccc3cc(C(=O)N(C)C4CCN(C)C4)ccc3c2)CC1. The van der Waals surface area contributed by atoms with Crippen molar-refractivity contribution in [3.8, 4) is 5.75 Å². The monoisotopic (exact) mass is 409 g/mol. The number of ether oxygens (including phenoxy) is 1. The number of fused-ring (bicyclic) bond motifs is 1. The maximum Gasteiger partial charge on any atom is 0.253 e. The number of hydrogen-bond acceptors (Lipinski definition) is 4. The van der Waals surface area contributed by atoms with Gasteiger partial charge < -0.3 is 19.4 Å². The van der Waals surface area contributed by atoms with Gasteiger partial charge in [0.2, 0.25) is 0 Å². The lowest BCUT2D eigenvalue weighted by Crippen LogP contribution is -2.41. The lowest BCUT2D eigenvalue weighted by molar-refractivity contribution is 0.0737. The van der Waals surface area contributed by atoms with E-state index in [1.165, 1.54) is 0 Å². The Morgan fingerprint density at radius 1 is 1.03 bits per heavy atom. The molecule has 0 radical (unpaired) electrons. The molecule has 2 fully saturated rings. The van der Waals surface area contributed by atoms with Crippen LogP contribution in [0.25, 0.3) is 10.8 Å². The van der Waals surface area contributed by atoms with E-state index in [1.54, 1.807) is 0 Å². The molecule has 2 saturated heterocycles. The Hall–Kier alpha value is -2.11. The van der Waals surface area contributed by atoms with Crippen LogP contribution in [0.3, 0.4) is 0 Å². The van der Waals surface area contributed by atoms with Crippen molar-refractivity contribution in [1.29, 1.82) is 0 Å². The largest absolute Gasteiger partial charge is 0.490 e. The van der Waals surface area contributed by atoms with Gasteiger partial charge in [0.25, 0.3) is 5.91 Å². The first-order chi connectivity index (χ1) is 14.4. The van der Waals surface area contributed by atoms with Crippen LogP contribution >= 0.6 is 0 Å². The molecule has 2 heterocycles. The van der Waals surface area contributed by atoms with E-state index < -0.39 is 0 Å². The molecule has 2 aliphatic rings. The Morgan fingerprint density at radius 3 is 2.40 bits per heavy atom. The molecule has 5 heteroatoms. The van der Waals surface area contributed by atoms with Gasteiger partial charge in [-0.15, -0.1) is 0 Å². The van der Waals surface area contributed by atoms with E-state index in [1.807, 2.05) is 36.2 Å². The van der Waals surface area contributed by atoms with Crippen LogP contribution in [0, 0.1) is 0 Å². The van der Waals surface area contributed by atoms with Gasteiger partial charge in [0.15, 0.2) is 0 Å². The van der Waals surface area contributed by atoms with E-state index in [2.05, 4.69) is 42.8 Å². The van der Waals surface area contributed by atoms with Crippen molar-refractivity contribution in [2.45, 2.75) is 51.3 Å². The molecule has 1 amide bonds. The van der Waals surface area contributed by atoms with Crippen LogP contribution in [-0.2, 0) is 0 Å². The number of nitrogens with zero attached hydrogens (tertiary/aromatic N) is 3. The van der Waals surface area contributed by atoms with Crippen LogP contribution in [-0.4, -0.2) is 79.1 Å². The molecule has 5 nitrogen and oxygen atoms in total. The zero-order valence-corrected chi connectivity index (χ0v) is 18.8. The first-order valence-corrected chi connectivity index (χ1v) is 11.3. The fourth-order valence-electron chi connectivity index (χ4n) is 4.73. The minimum atomic E-state index is 0.106. The summed E-state index contributed by atoms with van der Waals surface area (Å²) in [5.74, 6) is 1.03. The van der Waals surface area contributed by atoms with Crippen LogP contribution in [0.2, 0.25) is 0 Å². The molecule has 0 aliphatic carbocycles. The molecule has 1 unspecified atom stereocenters. The van der Waals surface area contributed by atoms with Gasteiger partial charge in [-0.1, -0.05) is 12.1 Å². The molecule has 0 saturated carbocycles. The average Bonchev–Trinajstić information content (AvgIpc) is 3.19. The summed E-state index contributed by atoms with van der Waals surface area (Å²) < 4.78 is 6.28. The summed E-state index contributed by atoms with van der Waals surface area (Å²) in [6.07, 6.45) is 3.48. The lowest BCUT2D eigenvalue weighted by atomic mass is 10.0. The highest BCUT2D eigenvalue weighted by Crippen LogP contribution is 2.26. The highest BCUT2D eigenvalue weighted by molar-refractivity contribution is 5.98. The molecular formula is C25H35N3O2. The van der Waals surface area contributed by atoms with Gasteiger partial charge in [0.1, 0.15) is 11.9 Å². The molecule has 0 N–H and O–H groups in total. The van der Waals surface area contributed by atoms with Crippen molar-refractivity contribution in [3.05, 3.63) is 42.0 Å². The van der Waals surface area contributed by atoms with Crippen LogP contribution < -0.4 is 4.74 Å². The molecule has 2 aliphatic heterocycles. The van der Waals surface area contributed by atoms with Crippen molar-refractivity contribution >= 4 is 16.7 Å². The molecule has 162 valence electrons. The van der Waals surface area contributed by atoms with Crippen LogP contribution in [0.15, 0.2) is 36.4 Å². The van der Waals surface area contributed by atoms with E-state index in [-0.39, 0.29) is 12.0 Å². The number of amides is 1. The highest BCUT2D eigenvalue weighted by atomic mass is 16.5. The number of benzene rings is 2. The summed E-state index contributed by atoms with van der Waals surface area (Å²) >= 11 is 0. The molecule has 1 atom stereocenters. The summed E-state index contributed by atoms with van der Waals surface area (Å²) in [7, 11) is 4.04. The van der Waals surface area contributed by atoms with Crippen LogP contribution in [0.1, 0.15) is 43.5 Å². The summed E-state index contributed by atoms with van der Waals surface area (Å²) in [6, 6.07) is 13.1. The third kappa shape index (κ3) is 4.62. The van der Waals surface area contributed by atoms with E-state index in [0.717, 1.165) is 67.5 Å². The lowest BCUT2D eigenvalue weighted by Gasteiger charge is -2.34. The van der Waals surface area contributed by atoms with Crippen molar-refractivity contribution < 1.29 is 9.53 Å². The second-order valence-corrected chi connectivity index (χ2v) is 9.29. The molecule has 0 aromatic heterocycles. The minimum absolute atomic E-state index is 0.106. The number of likely N-dealkylation sites (tertiary alicyclic amines) is 2. The summed E-state index contributed by atoms with van der Waals surface area (Å²) in [6.45, 7) is 8.73. The third-order valence-electron chi connectivity index (χ3n) is 6.80. The first kappa shape index (κ1) is 21.1. The molecule has 30 heavy (non-hydrogen) atoms. The Labute approximate surface area is 180 Å². The Kier molecular flexibility index (Phi) is 6.30. The third-order valence-corrected chi connectivity index (χ3v) is 6.80. The van der Waals surface area contributed by atoms with Crippen molar-refractivity contribution in [3.63, 3.8) is 0 Å². The van der Waals surface area contributed by atoms with Gasteiger partial charge in [-0.25, -0.2) is 0 Å². The fraction of sp³-hybridized carbons (Fsp3) is 0.560. The highest BCUT2D eigenvalue weighted by Gasteiger charge is 2.27. The Morgan fingerprint density at radius 2 is 1.73 bits per heavy atom. The Bertz CT molecular complexity index is 889. The number of carbonyl (C=O) groups excluding carboxylic acids is 1. The zero-order valence-electron chi connectivity index (χ0n) is 18.8. The molecule has 2 aromatic rings. The van der Waals surface area contributed by atoms with Gasteiger partial charge in [-0.05, 0) is 81.7 Å². The predicted octanol–water partition coefficient (Wildman–Crippen LogP) is 3.87. The molecule has 4 rings (SSSR count). The molecule has 0 bridgehead atoms. The van der Waals surface area contributed by atoms with E-state index in [9.17, 15) is 4.79 Å². The van der Waals surface area contributed by atoms with Gasteiger partial charge in [0, 0.05) is 44.3 Å². The first-order valence-electron chi connectivity index (χ1n) is 11.3. The van der Waals surface area contributed by atoms with E-state index in [0.29, 0.717) is 12.1 Å². The van der Waals surface area contributed by atoms with Crippen molar-refractivity contribution in [2.75, 3.05) is 40.3 Å². The second-order valence-electron chi connectivity index (χ2n) is 9.29. The summed E-state index contributed by atoms with van der Waals surface area (Å²) in [4.78, 5) is 19.7. The minimum Gasteiger partial charge on any atom is -0.490 e. The van der Waals surface area contributed by atoms with Crippen molar-refractivity contribution in [2.24, 2.45) is 0 Å². The zero-order chi connectivity index (χ0) is 21.3. The van der Waals surface area contributed by atoms with E-state index in [4.69, 9.17) is 4.74 Å². The van der Waals surface area contributed by atoms with Gasteiger partial charge in [0.05, 0.1) is 0 Å². The smallest absolute Gasteiger partial charge is 0.253 e.